The molecule has 0 aliphatic carbocycles. The van der Waals surface area contributed by atoms with E-state index in [9.17, 15) is 9.59 Å². The second kappa shape index (κ2) is 6.05. The maximum atomic E-state index is 11.8. The van der Waals surface area contributed by atoms with Crippen LogP contribution in [-0.4, -0.2) is 26.4 Å². The molecule has 118 valence electrons. The highest BCUT2D eigenvalue weighted by molar-refractivity contribution is 8.15. The lowest BCUT2D eigenvalue weighted by molar-refractivity contribution is -0.118. The molecule has 1 N–H and O–H groups in total. The number of carbonyl (C=O) groups excluding carboxylic acids is 2. The molecule has 0 bridgehead atoms. The predicted molar refractivity (Wildman–Crippen MR) is 93.6 cm³/mol. The van der Waals surface area contributed by atoms with Crippen molar-refractivity contribution in [2.75, 3.05) is 0 Å². The number of benzene rings is 1. The maximum absolute atomic E-state index is 11.8. The SMILES string of the molecule is O=C1NC(=O)C(Cc2ccc3nccc(-c4ccncc4)c3c2)S1. The molecule has 24 heavy (non-hydrogen) atoms. The molecule has 1 aliphatic heterocycles. The van der Waals surface area contributed by atoms with E-state index < -0.39 is 0 Å². The van der Waals surface area contributed by atoms with Gasteiger partial charge in [0.1, 0.15) is 0 Å². The molecule has 5 nitrogen and oxygen atoms in total. The Morgan fingerprint density at radius 2 is 1.88 bits per heavy atom. The Bertz CT molecular complexity index is 943. The monoisotopic (exact) mass is 335 g/mol. The Labute approximate surface area is 142 Å². The van der Waals surface area contributed by atoms with Gasteiger partial charge >= 0.3 is 0 Å². The van der Waals surface area contributed by atoms with E-state index in [1.165, 1.54) is 0 Å². The van der Waals surface area contributed by atoms with Gasteiger partial charge in [-0.1, -0.05) is 17.8 Å². The topological polar surface area (TPSA) is 72.0 Å². The first-order valence-corrected chi connectivity index (χ1v) is 8.38. The molecule has 1 unspecified atom stereocenters. The molecule has 0 radical (unpaired) electrons. The van der Waals surface area contributed by atoms with Gasteiger partial charge in [-0.15, -0.1) is 0 Å². The Morgan fingerprint density at radius 3 is 2.62 bits per heavy atom. The van der Waals surface area contributed by atoms with Crippen LogP contribution in [0.5, 0.6) is 0 Å². The lowest BCUT2D eigenvalue weighted by Gasteiger charge is -2.10. The fourth-order valence-corrected chi connectivity index (χ4v) is 3.70. The molecule has 6 heteroatoms. The molecular formula is C18H13N3O2S. The van der Waals surface area contributed by atoms with E-state index in [0.717, 1.165) is 39.4 Å². The van der Waals surface area contributed by atoms with Gasteiger partial charge in [0.05, 0.1) is 10.8 Å². The Morgan fingerprint density at radius 1 is 1.04 bits per heavy atom. The lowest BCUT2D eigenvalue weighted by atomic mass is 9.99. The Balaban J connectivity index is 1.74. The average Bonchev–Trinajstić information content (AvgIpc) is 2.92. The summed E-state index contributed by atoms with van der Waals surface area (Å²) in [6.07, 6.45) is 5.83. The Kier molecular flexibility index (Phi) is 3.74. The zero-order valence-electron chi connectivity index (χ0n) is 12.6. The molecule has 3 aromatic rings. The van der Waals surface area contributed by atoms with Gasteiger partial charge in [-0.2, -0.15) is 0 Å². The van der Waals surface area contributed by atoms with E-state index in [4.69, 9.17) is 0 Å². The van der Waals surface area contributed by atoms with Crippen molar-refractivity contribution in [1.82, 2.24) is 15.3 Å². The van der Waals surface area contributed by atoms with E-state index in [1.54, 1.807) is 18.6 Å². The second-order valence-corrected chi connectivity index (χ2v) is 6.71. The molecule has 2 aromatic heterocycles. The van der Waals surface area contributed by atoms with Gasteiger partial charge in [0.2, 0.25) is 5.91 Å². The summed E-state index contributed by atoms with van der Waals surface area (Å²) in [5.74, 6) is -0.217. The van der Waals surface area contributed by atoms with Crippen LogP contribution in [-0.2, 0) is 11.2 Å². The normalized spacial score (nSPS) is 17.2. The summed E-state index contributed by atoms with van der Waals surface area (Å²) in [4.78, 5) is 31.6. The van der Waals surface area contributed by atoms with Gasteiger partial charge in [0, 0.05) is 24.0 Å². The van der Waals surface area contributed by atoms with Crippen molar-refractivity contribution in [3.8, 4) is 11.1 Å². The van der Waals surface area contributed by atoms with Gasteiger partial charge < -0.3 is 0 Å². The van der Waals surface area contributed by atoms with Crippen LogP contribution < -0.4 is 5.32 Å². The van der Waals surface area contributed by atoms with Gasteiger partial charge in [-0.25, -0.2) is 0 Å². The number of rotatable bonds is 3. The summed E-state index contributed by atoms with van der Waals surface area (Å²) in [7, 11) is 0. The van der Waals surface area contributed by atoms with Gasteiger partial charge in [-0.3, -0.25) is 24.9 Å². The second-order valence-electron chi connectivity index (χ2n) is 5.53. The van der Waals surface area contributed by atoms with Crippen molar-refractivity contribution in [2.45, 2.75) is 11.7 Å². The number of nitrogens with one attached hydrogen (secondary N) is 1. The quantitative estimate of drug-likeness (QED) is 0.796. The largest absolute Gasteiger partial charge is 0.286 e. The molecule has 0 spiro atoms. The minimum Gasteiger partial charge on any atom is -0.286 e. The number of imide groups is 1. The van der Waals surface area contributed by atoms with E-state index in [0.29, 0.717) is 6.42 Å². The van der Waals surface area contributed by atoms with E-state index in [-0.39, 0.29) is 16.4 Å². The standard InChI is InChI=1S/C18H13N3O2S/c22-17-16(24-18(23)21-17)10-11-1-2-15-14(9-11)13(5-8-20-15)12-3-6-19-7-4-12/h1-9,16H,10H2,(H,21,22,23). The van der Waals surface area contributed by atoms with Crippen LogP contribution in [0.25, 0.3) is 22.0 Å². The van der Waals surface area contributed by atoms with Crippen LogP contribution in [0.2, 0.25) is 0 Å². The summed E-state index contributed by atoms with van der Waals surface area (Å²) < 4.78 is 0. The molecular weight excluding hydrogens is 322 g/mol. The molecule has 2 amide bonds. The van der Waals surface area contributed by atoms with Crippen LogP contribution >= 0.6 is 11.8 Å². The number of nitrogens with zero attached hydrogens (tertiary/aromatic N) is 2. The number of hydrogen-bond acceptors (Lipinski definition) is 5. The van der Waals surface area contributed by atoms with Crippen LogP contribution in [0.15, 0.2) is 55.0 Å². The zero-order valence-corrected chi connectivity index (χ0v) is 13.4. The highest BCUT2D eigenvalue weighted by atomic mass is 32.2. The number of aromatic nitrogens is 2. The Hall–Kier alpha value is -2.73. The van der Waals surface area contributed by atoms with Crippen molar-refractivity contribution < 1.29 is 9.59 Å². The van der Waals surface area contributed by atoms with Gasteiger partial charge in [0.25, 0.3) is 5.24 Å². The van der Waals surface area contributed by atoms with Crippen LogP contribution in [0.1, 0.15) is 5.56 Å². The van der Waals surface area contributed by atoms with Crippen LogP contribution in [0, 0.1) is 0 Å². The molecule has 0 saturated carbocycles. The molecule has 1 saturated heterocycles. The number of hydrogen-bond donors (Lipinski definition) is 1. The summed E-state index contributed by atoms with van der Waals surface area (Å²) in [5.41, 5.74) is 4.04. The third-order valence-electron chi connectivity index (χ3n) is 3.99. The van der Waals surface area contributed by atoms with Crippen molar-refractivity contribution in [3.63, 3.8) is 0 Å². The van der Waals surface area contributed by atoms with Crippen molar-refractivity contribution in [1.29, 1.82) is 0 Å². The van der Waals surface area contributed by atoms with E-state index in [2.05, 4.69) is 21.4 Å². The molecule has 4 rings (SSSR count). The first-order chi connectivity index (χ1) is 11.7. The summed E-state index contributed by atoms with van der Waals surface area (Å²) in [6.45, 7) is 0. The number of pyridine rings is 2. The first kappa shape index (κ1) is 14.8. The average molecular weight is 335 g/mol. The lowest BCUT2D eigenvalue weighted by Crippen LogP contribution is -2.25. The fraction of sp³-hybridized carbons (Fsp3) is 0.111. The minimum atomic E-state index is -0.365. The van der Waals surface area contributed by atoms with Crippen molar-refractivity contribution in [2.24, 2.45) is 0 Å². The van der Waals surface area contributed by atoms with E-state index in [1.807, 2.05) is 30.3 Å². The zero-order chi connectivity index (χ0) is 16.5. The number of fused-ring (bicyclic) bond motifs is 1. The van der Waals surface area contributed by atoms with Gasteiger partial charge in [0.15, 0.2) is 0 Å². The maximum Gasteiger partial charge on any atom is 0.286 e. The third-order valence-corrected chi connectivity index (χ3v) is 4.97. The van der Waals surface area contributed by atoms with Gasteiger partial charge in [-0.05, 0) is 53.4 Å². The number of thioether (sulfide) groups is 1. The number of carbonyl (C=O) groups is 2. The molecule has 1 aromatic carbocycles. The first-order valence-electron chi connectivity index (χ1n) is 7.50. The summed E-state index contributed by atoms with van der Waals surface area (Å²) >= 11 is 1.05. The highest BCUT2D eigenvalue weighted by Crippen LogP contribution is 2.29. The van der Waals surface area contributed by atoms with Crippen molar-refractivity contribution >= 4 is 33.8 Å². The third kappa shape index (κ3) is 2.76. The number of amides is 2. The summed E-state index contributed by atoms with van der Waals surface area (Å²) in [5, 5.41) is 2.71. The van der Waals surface area contributed by atoms with Crippen LogP contribution in [0.3, 0.4) is 0 Å². The summed E-state index contributed by atoms with van der Waals surface area (Å²) in [6, 6.07) is 11.9. The van der Waals surface area contributed by atoms with Crippen LogP contribution in [0.4, 0.5) is 4.79 Å². The molecule has 1 atom stereocenters. The molecule has 1 aliphatic rings. The molecule has 3 heterocycles. The highest BCUT2D eigenvalue weighted by Gasteiger charge is 2.31. The van der Waals surface area contributed by atoms with E-state index >= 15 is 0 Å². The fourth-order valence-electron chi connectivity index (χ4n) is 2.85. The van der Waals surface area contributed by atoms with Crippen molar-refractivity contribution in [3.05, 3.63) is 60.6 Å². The minimum absolute atomic E-state index is 0.217. The smallest absolute Gasteiger partial charge is 0.286 e. The molecule has 1 fully saturated rings. The predicted octanol–water partition coefficient (Wildman–Crippen LogP) is 3.19.